The normalized spacial score (nSPS) is 16.6. The zero-order chi connectivity index (χ0) is 108. The van der Waals surface area contributed by atoms with Gasteiger partial charge in [-0.2, -0.15) is 0 Å². The second-order valence-electron chi connectivity index (χ2n) is 45.5. The largest absolute Gasteiger partial charge is 0.310 e. The molecular formula is C122H139BN4. The van der Waals surface area contributed by atoms with Gasteiger partial charge in [0.2, 0.25) is 0 Å². The van der Waals surface area contributed by atoms with Gasteiger partial charge in [-0.3, -0.25) is 0 Å². The summed E-state index contributed by atoms with van der Waals surface area (Å²) in [6.07, 6.45) is -11.1. The van der Waals surface area contributed by atoms with Crippen molar-refractivity contribution >= 4 is 101 Å². The summed E-state index contributed by atoms with van der Waals surface area (Å²) in [5.41, 5.74) is 8.46. The van der Waals surface area contributed by atoms with Crippen LogP contribution in [-0.2, 0) is 56.5 Å². The first-order valence-corrected chi connectivity index (χ1v) is 45.4. The third kappa shape index (κ3) is 18.6. The molecule has 15 aromatic rings. The Balaban J connectivity index is 1.16. The maximum absolute atomic E-state index is 10.7. The van der Waals surface area contributed by atoms with E-state index in [1.807, 2.05) is 267 Å². The Bertz CT molecular complexity index is 7290. The molecule has 0 amide bonds. The molecule has 0 N–H and O–H groups in total. The average Bonchev–Trinajstić information content (AvgIpc) is 1.31. The number of hydrogen-bond donors (Lipinski definition) is 0. The van der Waals surface area contributed by atoms with Gasteiger partial charge in [0.05, 0.1) is 44.4 Å². The van der Waals surface area contributed by atoms with Crippen molar-refractivity contribution in [1.82, 2.24) is 9.13 Å². The molecule has 0 spiro atoms. The fourth-order valence-corrected chi connectivity index (χ4v) is 19.1. The summed E-state index contributed by atoms with van der Waals surface area (Å²) < 4.78 is 207. The highest BCUT2D eigenvalue weighted by atomic mass is 15.2. The molecular weight excluding hydrogens is 1530 g/mol. The van der Waals surface area contributed by atoms with Crippen LogP contribution < -0.4 is 26.2 Å². The lowest BCUT2D eigenvalue weighted by molar-refractivity contribution is 0.410. The molecule has 0 fully saturated rings. The number of aromatic nitrogens is 2. The Labute approximate surface area is 790 Å². The van der Waals surface area contributed by atoms with Crippen LogP contribution in [0.1, 0.15) is 264 Å². The summed E-state index contributed by atoms with van der Waals surface area (Å²) in [6, 6.07) is 63.6. The number of rotatable bonds is 16. The number of para-hydroxylation sites is 2. The molecule has 0 saturated carbocycles. The van der Waals surface area contributed by atoms with Crippen LogP contribution in [0.3, 0.4) is 0 Å². The lowest BCUT2D eigenvalue weighted by Crippen LogP contribution is -2.61. The predicted molar refractivity (Wildman–Crippen MR) is 555 cm³/mol. The first-order chi connectivity index (χ1) is 67.5. The second-order valence-corrected chi connectivity index (χ2v) is 45.5. The van der Waals surface area contributed by atoms with E-state index in [0.717, 1.165) is 16.7 Å². The lowest BCUT2D eigenvalue weighted by Gasteiger charge is -2.46. The van der Waals surface area contributed by atoms with Gasteiger partial charge < -0.3 is 18.9 Å². The molecule has 5 heteroatoms. The third-order valence-electron chi connectivity index (χ3n) is 23.3. The van der Waals surface area contributed by atoms with Gasteiger partial charge in [-0.05, 0) is 286 Å². The molecule has 0 saturated heterocycles. The minimum absolute atomic E-state index is 0.207. The maximum atomic E-state index is 10.7. The Morgan fingerprint density at radius 2 is 0.575 bits per heavy atom. The monoisotopic (exact) mass is 1690 g/mol. The van der Waals surface area contributed by atoms with Crippen molar-refractivity contribution in [1.29, 1.82) is 0 Å². The van der Waals surface area contributed by atoms with Crippen molar-refractivity contribution in [3.63, 3.8) is 0 Å². The molecule has 0 aliphatic carbocycles. The van der Waals surface area contributed by atoms with Crippen LogP contribution in [-0.4, -0.2) is 15.8 Å². The van der Waals surface area contributed by atoms with Crippen molar-refractivity contribution in [2.75, 3.05) is 9.80 Å². The van der Waals surface area contributed by atoms with Crippen molar-refractivity contribution in [3.8, 4) is 55.9 Å². The molecule has 0 unspecified atom stereocenters. The van der Waals surface area contributed by atoms with Crippen LogP contribution in [0.25, 0.3) is 99.5 Å². The van der Waals surface area contributed by atoms with E-state index in [9.17, 15) is 27.4 Å². The summed E-state index contributed by atoms with van der Waals surface area (Å²) in [6.45, 7) is 51.9. The van der Waals surface area contributed by atoms with Gasteiger partial charge in [0.25, 0.3) is 6.71 Å². The molecule has 4 nitrogen and oxygen atoms in total. The average molecular weight is 1690 g/mol. The highest BCUT2D eigenvalue weighted by Gasteiger charge is 2.47. The van der Waals surface area contributed by atoms with Crippen LogP contribution in [0, 0.1) is 43.3 Å². The van der Waals surface area contributed by atoms with E-state index in [1.54, 1.807) is 24.3 Å². The number of benzene rings is 13. The van der Waals surface area contributed by atoms with E-state index in [4.69, 9.17) is 0 Å². The molecule has 0 atom stereocenters. The van der Waals surface area contributed by atoms with Crippen LogP contribution in [0.2, 0.25) is 0 Å². The number of fused-ring (bicyclic) bond motifs is 10. The van der Waals surface area contributed by atoms with Gasteiger partial charge in [0, 0.05) is 94.4 Å². The Kier molecular flexibility index (Phi) is 16.8. The van der Waals surface area contributed by atoms with Crippen molar-refractivity contribution in [2.45, 2.75) is 243 Å². The molecule has 0 bridgehead atoms. The van der Waals surface area contributed by atoms with Gasteiger partial charge in [0.1, 0.15) is 0 Å². The van der Waals surface area contributed by atoms with Crippen LogP contribution >= 0.6 is 0 Å². The summed E-state index contributed by atoms with van der Waals surface area (Å²) in [7, 11) is 0. The lowest BCUT2D eigenvalue weighted by atomic mass is 9.33. The fourth-order valence-electron chi connectivity index (χ4n) is 19.1. The molecule has 2 aliphatic rings. The van der Waals surface area contributed by atoms with Crippen LogP contribution in [0.4, 0.5) is 34.1 Å². The minimum Gasteiger partial charge on any atom is -0.310 e. The van der Waals surface area contributed by atoms with Crippen LogP contribution in [0.5, 0.6) is 0 Å². The molecule has 2 aromatic heterocycles. The van der Waals surface area contributed by atoms with Crippen molar-refractivity contribution in [3.05, 3.63) is 305 Å². The number of hydrogen-bond acceptors (Lipinski definition) is 2. The van der Waals surface area contributed by atoms with Crippen LogP contribution in [0.15, 0.2) is 255 Å². The first kappa shape index (κ1) is 66.5. The maximum Gasteiger partial charge on any atom is 0.252 e. The smallest absolute Gasteiger partial charge is 0.252 e. The molecule has 4 heterocycles. The predicted octanol–water partition coefficient (Wildman–Crippen LogP) is 32.6. The van der Waals surface area contributed by atoms with E-state index in [0.29, 0.717) is 174 Å². The quantitative estimate of drug-likeness (QED) is 0.0897. The van der Waals surface area contributed by atoms with Gasteiger partial charge in [-0.1, -0.05) is 345 Å². The Hall–Kier alpha value is -10.9. The topological polar surface area (TPSA) is 16.3 Å². The van der Waals surface area contributed by atoms with Crippen molar-refractivity contribution < 1.29 is 27.4 Å². The summed E-state index contributed by atoms with van der Waals surface area (Å²) >= 11 is 0. The molecule has 13 aromatic carbocycles. The molecule has 0 radical (unpaired) electrons. The van der Waals surface area contributed by atoms with E-state index in [-0.39, 0.29) is 57.2 Å². The highest BCUT2D eigenvalue weighted by molar-refractivity contribution is 7.00. The van der Waals surface area contributed by atoms with E-state index in [1.165, 1.54) is 0 Å². The van der Waals surface area contributed by atoms with Crippen molar-refractivity contribution in [2.24, 2.45) is 43.3 Å². The SMILES string of the molecule is [2H]c1c([2H])c([2H])c2c(c1[2H])c1cc(CC(C)(C)C)ccc1n2-c1ccc2c(c1)N(c1c(-c3cccc(C([2H])([2H])C(C)(C)C)c3)cc(C([2H])([2H])C(C)(C)C)cc1-c1cccc(C([2H])([2H])C(C)(C)C)c1)c1cc(C(C)(C)C)cc3c1B2c1ccc(-n2c4ccc(CC(C)(C)C)cc4c4c([2H])c([2H])c([2H])c([2H])c42)cc1N3c1c(-c2cccc(C([2H])([2H])C(C)(C)C)c2)cc(C([2H])([2H])C(C)(C)C)cc1-c1cccc(C([2H])([2H])C(C)(C)C)c1. The third-order valence-corrected chi connectivity index (χ3v) is 23.3. The van der Waals surface area contributed by atoms with Gasteiger partial charge in [-0.15, -0.1) is 0 Å². The summed E-state index contributed by atoms with van der Waals surface area (Å²) in [4.78, 5) is 4.47. The van der Waals surface area contributed by atoms with Gasteiger partial charge >= 0.3 is 0 Å². The second kappa shape index (κ2) is 32.1. The highest BCUT2D eigenvalue weighted by Crippen LogP contribution is 2.56. The summed E-state index contributed by atoms with van der Waals surface area (Å²) in [5.74, 6) is 0. The van der Waals surface area contributed by atoms with E-state index >= 15 is 0 Å². The zero-order valence-electron chi connectivity index (χ0n) is 99.9. The number of nitrogens with zero attached hydrogens (tertiary/aromatic N) is 4. The Morgan fingerprint density at radius 3 is 0.874 bits per heavy atom. The Morgan fingerprint density at radius 1 is 0.268 bits per heavy atom. The fraction of sp³-hybridized carbons (Fsp3) is 0.361. The first-order valence-electron chi connectivity index (χ1n) is 55.4. The van der Waals surface area contributed by atoms with E-state index in [2.05, 4.69) is 121 Å². The van der Waals surface area contributed by atoms with E-state index < -0.39 is 107 Å². The molecule has 127 heavy (non-hydrogen) atoms. The molecule has 17 rings (SSSR count). The van der Waals surface area contributed by atoms with Gasteiger partial charge in [0.15, 0.2) is 0 Å². The number of anilines is 6. The zero-order valence-corrected chi connectivity index (χ0v) is 79.9. The van der Waals surface area contributed by atoms with Gasteiger partial charge in [-0.25, -0.2) is 0 Å². The summed E-state index contributed by atoms with van der Waals surface area (Å²) in [5, 5.41) is 1.81. The standard InChI is InChI=1S/C122H139BN4/c1-114(2,3)70-78-36-32-40-86(56-78)95-62-84(76-120(19,20)21)63-96(87-41-33-37-79(57-87)71-115(4,5)6)112(95)126-107-68-91(124-103-46-30-28-44-93(103)99-60-82(48-54-105(99)124)74-118(13,14)15)50-52-101(107)123-102-53-51-92(125-104-47-31-29-45-94(104)100-61-83(49-55-106(100)125)75-119(16,17)18)69-108(102)127(110-67-90(122(25,26)27)66-109(126)111(110)123)113-97(88-42-34-38-80(58-88)72-116(7,8)9)64-85(77-121(22,23)24)65-98(113)89-43-35-39-81(59-89)73-117(10,11)12/h28-69H,70-77H2,1-27H3/i28D,29D,30D,31D,44D,45D,46D,47D,70D2,71D2,72D2,73D2,76D2,77D2. The minimum atomic E-state index is -2.17. The molecule has 650 valence electrons. The molecule has 2 aliphatic heterocycles.